The van der Waals surface area contributed by atoms with E-state index in [1.807, 2.05) is 18.7 Å². The summed E-state index contributed by atoms with van der Waals surface area (Å²) in [5, 5.41) is 3.27. The molecule has 0 aromatic carbocycles. The molecule has 1 amide bonds. The number of piperidine rings is 1. The summed E-state index contributed by atoms with van der Waals surface area (Å²) >= 11 is 1.51. The normalized spacial score (nSPS) is 23.4. The van der Waals surface area contributed by atoms with E-state index in [9.17, 15) is 13.2 Å². The first-order valence-electron chi connectivity index (χ1n) is 8.46. The molecule has 0 aliphatic carbocycles. The summed E-state index contributed by atoms with van der Waals surface area (Å²) in [5.74, 6) is 0.213. The smallest absolute Gasteiger partial charge is 0.244 e. The van der Waals surface area contributed by atoms with E-state index in [0.29, 0.717) is 31.1 Å². The van der Waals surface area contributed by atoms with Crippen LogP contribution in [0.3, 0.4) is 0 Å². The van der Waals surface area contributed by atoms with Gasteiger partial charge in [-0.15, -0.1) is 11.3 Å². The van der Waals surface area contributed by atoms with E-state index in [2.05, 4.69) is 5.32 Å². The van der Waals surface area contributed by atoms with Gasteiger partial charge in [0.05, 0.1) is 10.8 Å². The van der Waals surface area contributed by atoms with E-state index in [1.54, 1.807) is 6.07 Å². The number of amides is 1. The maximum atomic E-state index is 12.8. The molecule has 0 radical (unpaired) electrons. The highest BCUT2D eigenvalue weighted by molar-refractivity contribution is 7.89. The second-order valence-electron chi connectivity index (χ2n) is 6.55. The van der Waals surface area contributed by atoms with Crippen LogP contribution in [0.2, 0.25) is 0 Å². The van der Waals surface area contributed by atoms with Gasteiger partial charge in [0.2, 0.25) is 15.9 Å². The minimum atomic E-state index is -3.45. The maximum absolute atomic E-state index is 12.8. The van der Waals surface area contributed by atoms with Gasteiger partial charge >= 0.3 is 0 Å². The highest BCUT2D eigenvalue weighted by atomic mass is 32.2. The van der Waals surface area contributed by atoms with Crippen LogP contribution in [0.25, 0.3) is 0 Å². The van der Waals surface area contributed by atoms with Crippen LogP contribution in [-0.4, -0.2) is 62.8 Å². The minimum absolute atomic E-state index is 0.0451. The van der Waals surface area contributed by atoms with Gasteiger partial charge in [-0.2, -0.15) is 4.31 Å². The molecule has 134 valence electrons. The third-order valence-electron chi connectivity index (χ3n) is 4.81. The Labute approximate surface area is 147 Å². The average Bonchev–Trinajstić information content (AvgIpc) is 2.94. The molecule has 8 heteroatoms. The molecular weight excluding hydrogens is 346 g/mol. The van der Waals surface area contributed by atoms with Crippen LogP contribution in [0.4, 0.5) is 0 Å². The average molecular weight is 372 g/mol. The molecule has 3 heterocycles. The second kappa shape index (κ2) is 7.11. The number of carbonyl (C=O) groups excluding carboxylic acids is 1. The van der Waals surface area contributed by atoms with Crippen LogP contribution >= 0.6 is 11.3 Å². The standard InChI is InChI=1S/C16H25N3O3S2/c1-12-10-15(13(2)23-12)24(21,22)19-8-6-18(7-9-19)16(20)14-4-3-5-17-11-14/h10,14,17H,3-9,11H2,1-2H3. The summed E-state index contributed by atoms with van der Waals surface area (Å²) in [4.78, 5) is 16.6. The molecule has 2 aliphatic rings. The van der Waals surface area contributed by atoms with Crippen molar-refractivity contribution in [2.75, 3.05) is 39.3 Å². The number of carbonyl (C=O) groups is 1. The fraction of sp³-hybridized carbons (Fsp3) is 0.688. The lowest BCUT2D eigenvalue weighted by atomic mass is 9.98. The Kier molecular flexibility index (Phi) is 5.29. The fourth-order valence-electron chi connectivity index (χ4n) is 3.47. The number of sulfonamides is 1. The van der Waals surface area contributed by atoms with Crippen LogP contribution in [-0.2, 0) is 14.8 Å². The number of thiophene rings is 1. The van der Waals surface area contributed by atoms with Gasteiger partial charge in [0.1, 0.15) is 0 Å². The Balaban J connectivity index is 1.64. The minimum Gasteiger partial charge on any atom is -0.340 e. The first-order chi connectivity index (χ1) is 11.4. The molecule has 2 fully saturated rings. The van der Waals surface area contributed by atoms with Gasteiger partial charge < -0.3 is 10.2 Å². The molecule has 24 heavy (non-hydrogen) atoms. The molecule has 2 aliphatic heterocycles. The van der Waals surface area contributed by atoms with E-state index in [1.165, 1.54) is 15.6 Å². The molecule has 3 rings (SSSR count). The van der Waals surface area contributed by atoms with Gasteiger partial charge in [-0.3, -0.25) is 4.79 Å². The third-order valence-corrected chi connectivity index (χ3v) is 7.93. The number of piperazine rings is 1. The zero-order valence-electron chi connectivity index (χ0n) is 14.2. The SMILES string of the molecule is Cc1cc(S(=O)(=O)N2CCN(C(=O)C3CCCNC3)CC2)c(C)s1. The molecule has 0 spiro atoms. The molecule has 1 aromatic heterocycles. The summed E-state index contributed by atoms with van der Waals surface area (Å²) in [7, 11) is -3.45. The number of nitrogens with zero attached hydrogens (tertiary/aromatic N) is 2. The number of nitrogens with one attached hydrogen (secondary N) is 1. The quantitative estimate of drug-likeness (QED) is 0.867. The van der Waals surface area contributed by atoms with Crippen LogP contribution in [0, 0.1) is 19.8 Å². The Hall–Kier alpha value is -0.960. The monoisotopic (exact) mass is 371 g/mol. The molecular formula is C16H25N3O3S2. The van der Waals surface area contributed by atoms with Crippen LogP contribution in [0.5, 0.6) is 0 Å². The number of rotatable bonds is 3. The zero-order valence-corrected chi connectivity index (χ0v) is 15.9. The van der Waals surface area contributed by atoms with Gasteiger partial charge in [-0.25, -0.2) is 8.42 Å². The number of hydrogen-bond acceptors (Lipinski definition) is 5. The van der Waals surface area contributed by atoms with E-state index in [-0.39, 0.29) is 11.8 Å². The Morgan fingerprint density at radius 3 is 2.50 bits per heavy atom. The summed E-state index contributed by atoms with van der Waals surface area (Å²) < 4.78 is 27.2. The van der Waals surface area contributed by atoms with Crippen molar-refractivity contribution in [1.29, 1.82) is 0 Å². The Morgan fingerprint density at radius 2 is 1.96 bits per heavy atom. The molecule has 1 N–H and O–H groups in total. The van der Waals surface area contributed by atoms with Crippen molar-refractivity contribution in [2.45, 2.75) is 31.6 Å². The van der Waals surface area contributed by atoms with Crippen molar-refractivity contribution in [3.05, 3.63) is 15.8 Å². The molecule has 0 saturated carbocycles. The Bertz CT molecular complexity index is 700. The summed E-state index contributed by atoms with van der Waals surface area (Å²) in [5.41, 5.74) is 0. The van der Waals surface area contributed by atoms with Gasteiger partial charge in [0.15, 0.2) is 0 Å². The van der Waals surface area contributed by atoms with Crippen molar-refractivity contribution >= 4 is 27.3 Å². The largest absolute Gasteiger partial charge is 0.340 e. The van der Waals surface area contributed by atoms with E-state index >= 15 is 0 Å². The molecule has 1 atom stereocenters. The van der Waals surface area contributed by atoms with Crippen LogP contribution in [0.15, 0.2) is 11.0 Å². The predicted octanol–water partition coefficient (Wildman–Crippen LogP) is 1.20. The van der Waals surface area contributed by atoms with Crippen molar-refractivity contribution in [2.24, 2.45) is 5.92 Å². The zero-order chi connectivity index (χ0) is 17.3. The lowest BCUT2D eigenvalue weighted by Crippen LogP contribution is -2.53. The molecule has 2 saturated heterocycles. The van der Waals surface area contributed by atoms with Crippen molar-refractivity contribution in [3.8, 4) is 0 Å². The van der Waals surface area contributed by atoms with Gasteiger partial charge in [0.25, 0.3) is 0 Å². The van der Waals surface area contributed by atoms with Crippen LogP contribution < -0.4 is 5.32 Å². The highest BCUT2D eigenvalue weighted by Gasteiger charge is 2.33. The topological polar surface area (TPSA) is 69.7 Å². The van der Waals surface area contributed by atoms with Crippen molar-refractivity contribution in [3.63, 3.8) is 0 Å². The molecule has 1 unspecified atom stereocenters. The predicted molar refractivity (Wildman–Crippen MR) is 94.7 cm³/mol. The Morgan fingerprint density at radius 1 is 1.25 bits per heavy atom. The number of aryl methyl sites for hydroxylation is 2. The van der Waals surface area contributed by atoms with E-state index in [4.69, 9.17) is 0 Å². The van der Waals surface area contributed by atoms with Gasteiger partial charge in [-0.1, -0.05) is 0 Å². The summed E-state index contributed by atoms with van der Waals surface area (Å²) in [6.07, 6.45) is 1.96. The lowest BCUT2D eigenvalue weighted by Gasteiger charge is -2.36. The third kappa shape index (κ3) is 3.51. The first-order valence-corrected chi connectivity index (χ1v) is 10.7. The van der Waals surface area contributed by atoms with E-state index in [0.717, 1.165) is 35.7 Å². The first kappa shape index (κ1) is 17.8. The van der Waals surface area contributed by atoms with Crippen molar-refractivity contribution in [1.82, 2.24) is 14.5 Å². The highest BCUT2D eigenvalue weighted by Crippen LogP contribution is 2.28. The summed E-state index contributed by atoms with van der Waals surface area (Å²) in [6, 6.07) is 1.75. The summed E-state index contributed by atoms with van der Waals surface area (Å²) in [6.45, 7) is 7.21. The number of hydrogen-bond donors (Lipinski definition) is 1. The molecule has 0 bridgehead atoms. The molecule has 1 aromatic rings. The molecule has 6 nitrogen and oxygen atoms in total. The van der Waals surface area contributed by atoms with Crippen LogP contribution in [0.1, 0.15) is 22.6 Å². The van der Waals surface area contributed by atoms with E-state index < -0.39 is 10.0 Å². The lowest BCUT2D eigenvalue weighted by molar-refractivity contribution is -0.137. The van der Waals surface area contributed by atoms with Gasteiger partial charge in [-0.05, 0) is 39.3 Å². The van der Waals surface area contributed by atoms with Crippen molar-refractivity contribution < 1.29 is 13.2 Å². The fourth-order valence-corrected chi connectivity index (χ4v) is 6.42. The van der Waals surface area contributed by atoms with Gasteiger partial charge in [0, 0.05) is 42.5 Å². The maximum Gasteiger partial charge on any atom is 0.244 e. The second-order valence-corrected chi connectivity index (χ2v) is 9.92.